The molecule has 12 heteroatoms. The van der Waals surface area contributed by atoms with Crippen molar-refractivity contribution in [2.45, 2.75) is 83.7 Å². The summed E-state index contributed by atoms with van der Waals surface area (Å²) < 4.78 is 21.1. The van der Waals surface area contributed by atoms with Crippen LogP contribution in [0.3, 0.4) is 0 Å². The molecule has 6 rings (SSSR count). The van der Waals surface area contributed by atoms with Crippen LogP contribution in [0.1, 0.15) is 59.8 Å². The van der Waals surface area contributed by atoms with Crippen LogP contribution in [0.5, 0.6) is 0 Å². The van der Waals surface area contributed by atoms with Gasteiger partial charge in [-0.1, -0.05) is 33.8 Å². The van der Waals surface area contributed by atoms with E-state index in [0.29, 0.717) is 17.0 Å². The van der Waals surface area contributed by atoms with E-state index >= 15 is 0 Å². The molecule has 5 heterocycles. The Morgan fingerprint density at radius 2 is 1.95 bits per heavy atom. The zero-order chi connectivity index (χ0) is 28.9. The van der Waals surface area contributed by atoms with Crippen LogP contribution in [0, 0.1) is 0 Å². The molecule has 0 spiro atoms. The van der Waals surface area contributed by atoms with Gasteiger partial charge in [0.2, 0.25) is 5.95 Å². The lowest BCUT2D eigenvalue weighted by atomic mass is 9.87. The summed E-state index contributed by atoms with van der Waals surface area (Å²) in [4.78, 5) is 23.4. The quantitative estimate of drug-likeness (QED) is 0.257. The van der Waals surface area contributed by atoms with Crippen LogP contribution in [-0.2, 0) is 19.6 Å². The Hall–Kier alpha value is -3.32. The van der Waals surface area contributed by atoms with E-state index in [1.54, 1.807) is 6.33 Å². The van der Waals surface area contributed by atoms with Crippen molar-refractivity contribution >= 4 is 34.0 Å². The molecule has 1 aromatic carbocycles. The van der Waals surface area contributed by atoms with Crippen molar-refractivity contribution in [2.75, 3.05) is 37.2 Å². The zero-order valence-electron chi connectivity index (χ0n) is 24.7. The number of nitrogen functional groups attached to an aromatic ring is 1. The van der Waals surface area contributed by atoms with Crippen LogP contribution in [0.25, 0.3) is 22.2 Å². The van der Waals surface area contributed by atoms with Crippen molar-refractivity contribution in [1.29, 1.82) is 0 Å². The highest BCUT2D eigenvalue weighted by atomic mass is 16.8. The number of hydrogen-bond acceptors (Lipinski definition) is 10. The topological polar surface area (TPSA) is 141 Å². The smallest absolute Gasteiger partial charge is 0.201 e. The molecule has 2 aliphatic heterocycles. The van der Waals surface area contributed by atoms with Crippen molar-refractivity contribution in [3.63, 3.8) is 0 Å². The summed E-state index contributed by atoms with van der Waals surface area (Å²) >= 11 is 0. The van der Waals surface area contributed by atoms with Gasteiger partial charge in [-0.05, 0) is 56.5 Å². The van der Waals surface area contributed by atoms with Gasteiger partial charge < -0.3 is 35.1 Å². The second kappa shape index (κ2) is 10.5. The summed E-state index contributed by atoms with van der Waals surface area (Å²) in [5, 5.41) is 3.46. The second-order valence-corrected chi connectivity index (χ2v) is 12.5. The number of likely N-dealkylation sites (N-methyl/N-ethyl adjacent to an activating group) is 1. The number of nitrogens with one attached hydrogen (secondary N) is 2. The summed E-state index contributed by atoms with van der Waals surface area (Å²) in [5.41, 5.74) is 10.6. The molecule has 41 heavy (non-hydrogen) atoms. The Morgan fingerprint density at radius 1 is 1.15 bits per heavy atom. The van der Waals surface area contributed by atoms with E-state index in [1.807, 2.05) is 18.4 Å². The Balaban J connectivity index is 1.08. The Morgan fingerprint density at radius 3 is 2.73 bits per heavy atom. The number of H-pyrrole nitrogens is 1. The fourth-order valence-electron chi connectivity index (χ4n) is 5.78. The number of aromatic amines is 1. The van der Waals surface area contributed by atoms with E-state index in [4.69, 9.17) is 24.9 Å². The van der Waals surface area contributed by atoms with Gasteiger partial charge in [0.25, 0.3) is 0 Å². The van der Waals surface area contributed by atoms with Crippen molar-refractivity contribution in [1.82, 2.24) is 34.4 Å². The molecular formula is C29H41N9O3. The summed E-state index contributed by atoms with van der Waals surface area (Å²) in [6.45, 7) is 16.0. The molecule has 220 valence electrons. The van der Waals surface area contributed by atoms with Gasteiger partial charge in [-0.3, -0.25) is 4.57 Å². The van der Waals surface area contributed by atoms with E-state index in [0.717, 1.165) is 49.6 Å². The molecule has 4 N–H and O–H groups in total. The monoisotopic (exact) mass is 563 g/mol. The number of imidazole rings is 2. The fourth-order valence-corrected chi connectivity index (χ4v) is 5.78. The highest BCUT2D eigenvalue weighted by Gasteiger charge is 2.56. The van der Waals surface area contributed by atoms with E-state index in [-0.39, 0.29) is 23.7 Å². The van der Waals surface area contributed by atoms with Gasteiger partial charge >= 0.3 is 0 Å². The number of hydrogen-bond donors (Lipinski definition) is 3. The average molecular weight is 564 g/mol. The highest BCUT2D eigenvalue weighted by Crippen LogP contribution is 2.44. The van der Waals surface area contributed by atoms with Crippen LogP contribution < -0.4 is 11.1 Å². The molecule has 0 aliphatic carbocycles. The molecule has 0 bridgehead atoms. The van der Waals surface area contributed by atoms with Crippen molar-refractivity contribution in [3.8, 4) is 0 Å². The van der Waals surface area contributed by atoms with Gasteiger partial charge in [-0.2, -0.15) is 0 Å². The normalized spacial score (nSPS) is 24.1. The van der Waals surface area contributed by atoms with Crippen molar-refractivity contribution < 1.29 is 14.2 Å². The Labute approximate surface area is 240 Å². The van der Waals surface area contributed by atoms with E-state index in [2.05, 4.69) is 76.0 Å². The summed E-state index contributed by atoms with van der Waals surface area (Å²) in [5.74, 6) is 0.433. The van der Waals surface area contributed by atoms with Gasteiger partial charge in [0.05, 0.1) is 17.4 Å². The SMILES string of the molecule is CCN(CCCNc1nc2cc(C(C)(C)C)ccc2[nH]1)C[C@H]1OC(n2cnc3c(N)ncnc32)[C@@H]2OC(C)(C)O[C@H]12. The first-order valence-electron chi connectivity index (χ1n) is 14.4. The van der Waals surface area contributed by atoms with E-state index in [1.165, 1.54) is 11.9 Å². The maximum Gasteiger partial charge on any atom is 0.201 e. The minimum absolute atomic E-state index is 0.0910. The van der Waals surface area contributed by atoms with Crippen LogP contribution in [0.4, 0.5) is 11.8 Å². The molecule has 4 atom stereocenters. The van der Waals surface area contributed by atoms with E-state index in [9.17, 15) is 0 Å². The Kier molecular flexibility index (Phi) is 7.13. The van der Waals surface area contributed by atoms with Gasteiger partial charge in [-0.25, -0.2) is 19.9 Å². The molecular weight excluding hydrogens is 522 g/mol. The highest BCUT2D eigenvalue weighted by molar-refractivity contribution is 5.81. The van der Waals surface area contributed by atoms with Crippen molar-refractivity contribution in [2.24, 2.45) is 0 Å². The van der Waals surface area contributed by atoms with Gasteiger partial charge in [0.1, 0.15) is 30.2 Å². The summed E-state index contributed by atoms with van der Waals surface area (Å²) in [6.07, 6.45) is 2.97. The van der Waals surface area contributed by atoms with E-state index < -0.39 is 12.0 Å². The predicted molar refractivity (Wildman–Crippen MR) is 157 cm³/mol. The molecule has 2 fully saturated rings. The lowest BCUT2D eigenvalue weighted by Gasteiger charge is -2.28. The third-order valence-electron chi connectivity index (χ3n) is 7.96. The first-order valence-corrected chi connectivity index (χ1v) is 14.4. The maximum absolute atomic E-state index is 6.59. The molecule has 12 nitrogen and oxygen atoms in total. The van der Waals surface area contributed by atoms with Crippen molar-refractivity contribution in [3.05, 3.63) is 36.4 Å². The summed E-state index contributed by atoms with van der Waals surface area (Å²) in [6, 6.07) is 6.45. The van der Waals surface area contributed by atoms with Crippen LogP contribution in [0.2, 0.25) is 0 Å². The average Bonchev–Trinajstić information content (AvgIpc) is 3.66. The largest absolute Gasteiger partial charge is 0.382 e. The number of anilines is 2. The number of nitrogens with zero attached hydrogens (tertiary/aromatic N) is 6. The fraction of sp³-hybridized carbons (Fsp3) is 0.586. The predicted octanol–water partition coefficient (Wildman–Crippen LogP) is 3.82. The van der Waals surface area contributed by atoms with Crippen LogP contribution in [0.15, 0.2) is 30.9 Å². The molecule has 0 amide bonds. The third-order valence-corrected chi connectivity index (χ3v) is 7.96. The molecule has 2 aliphatic rings. The standard InChI is InChI=1S/C29H41N9O3/c1-7-37(12-8-11-31-27-35-18-10-9-17(28(2,3)4)13-19(18)36-27)14-20-22-23(41-29(5,6)40-22)26(39-20)38-16-34-21-24(30)32-15-33-25(21)38/h9-10,13,15-16,20,22-23,26H,7-8,11-12,14H2,1-6H3,(H2,30,32,33)(H2,31,35,36)/t20-,22-,23-,26?/m1/s1. The number of ether oxygens (including phenoxy) is 3. The van der Waals surface area contributed by atoms with Gasteiger partial charge in [-0.15, -0.1) is 0 Å². The molecule has 3 aromatic heterocycles. The molecule has 1 unspecified atom stereocenters. The minimum atomic E-state index is -0.707. The van der Waals surface area contributed by atoms with Crippen LogP contribution in [-0.4, -0.2) is 84.7 Å². The number of aromatic nitrogens is 6. The first-order chi connectivity index (χ1) is 19.5. The molecule has 2 saturated heterocycles. The zero-order valence-corrected chi connectivity index (χ0v) is 24.7. The second-order valence-electron chi connectivity index (χ2n) is 12.5. The number of benzene rings is 1. The maximum atomic E-state index is 6.59. The third kappa shape index (κ3) is 5.49. The van der Waals surface area contributed by atoms with Gasteiger partial charge in [0.15, 0.2) is 23.5 Å². The lowest BCUT2D eigenvalue weighted by molar-refractivity contribution is -0.197. The number of fused-ring (bicyclic) bond motifs is 3. The van der Waals surface area contributed by atoms with Gasteiger partial charge in [0, 0.05) is 13.1 Å². The first kappa shape index (κ1) is 27.8. The number of nitrogens with two attached hydrogens (primary N) is 1. The number of rotatable bonds is 9. The molecule has 0 saturated carbocycles. The van der Waals surface area contributed by atoms with Crippen LogP contribution >= 0.6 is 0 Å². The minimum Gasteiger partial charge on any atom is -0.382 e. The lowest BCUT2D eigenvalue weighted by Crippen LogP contribution is -2.40. The summed E-state index contributed by atoms with van der Waals surface area (Å²) in [7, 11) is 0. The molecule has 0 radical (unpaired) electrons. The Bertz CT molecular complexity index is 1530. The molecule has 4 aromatic rings.